The topological polar surface area (TPSA) is 91.3 Å². The molecule has 0 amide bonds. The lowest BCUT2D eigenvalue weighted by Crippen LogP contribution is -2.41. The number of aliphatic imine (C=N–C) groups is 1. The van der Waals surface area contributed by atoms with Gasteiger partial charge in [0.2, 0.25) is 0 Å². The molecule has 6 nitrogen and oxygen atoms in total. The fourth-order valence-electron chi connectivity index (χ4n) is 1.88. The third-order valence-corrected chi connectivity index (χ3v) is 3.11. The lowest BCUT2D eigenvalue weighted by Gasteiger charge is -2.30. The number of nitrogens with two attached hydrogens (primary N) is 1. The van der Waals surface area contributed by atoms with Crippen LogP contribution in [0, 0.1) is 0 Å². The standard InChI is InChI=1S/C11H19N3O3/c1-11(6-15)9(16)2-10(17-11)14-5-8(3-12)4-13-7-14/h4-5,9-10,15-16H,2-3,6-7,12H2,1H3/t9-,10+,11+/m0/s1/i4D,7D/t7?,9-,10+,11+. The quantitative estimate of drug-likeness (QED) is 0.593. The van der Waals surface area contributed by atoms with Crippen LogP contribution in [-0.4, -0.2) is 59.0 Å². The Morgan fingerprint density at radius 3 is 3.24 bits per heavy atom. The minimum atomic E-state index is -1.04. The van der Waals surface area contributed by atoms with Crippen molar-refractivity contribution in [3.05, 3.63) is 11.8 Å². The molecule has 0 aliphatic carbocycles. The number of rotatable bonds is 3. The normalized spacial score (nSPS) is 44.0. The van der Waals surface area contributed by atoms with E-state index in [4.69, 9.17) is 13.2 Å². The zero-order valence-corrected chi connectivity index (χ0v) is 9.71. The molecule has 4 N–H and O–H groups in total. The molecule has 1 fully saturated rings. The van der Waals surface area contributed by atoms with E-state index >= 15 is 0 Å². The minimum absolute atomic E-state index is 0.00205. The van der Waals surface area contributed by atoms with Crippen molar-refractivity contribution in [2.75, 3.05) is 19.8 Å². The fraction of sp³-hybridized carbons (Fsp3) is 0.727. The molecule has 2 aliphatic heterocycles. The minimum Gasteiger partial charge on any atom is -0.393 e. The summed E-state index contributed by atoms with van der Waals surface area (Å²) in [6, 6.07) is 0. The largest absolute Gasteiger partial charge is 0.393 e. The van der Waals surface area contributed by atoms with Crippen LogP contribution in [0.1, 0.15) is 16.1 Å². The second kappa shape index (κ2) is 4.73. The molecule has 0 saturated carbocycles. The average molecular weight is 243 g/mol. The Morgan fingerprint density at radius 1 is 1.88 bits per heavy atom. The monoisotopic (exact) mass is 243 g/mol. The summed E-state index contributed by atoms with van der Waals surface area (Å²) in [5.74, 6) is 0. The molecule has 6 heteroatoms. The first-order valence-corrected chi connectivity index (χ1v) is 5.53. The van der Waals surface area contributed by atoms with E-state index in [1.165, 1.54) is 4.90 Å². The van der Waals surface area contributed by atoms with Gasteiger partial charge in [0, 0.05) is 25.4 Å². The first kappa shape index (κ1) is 10.0. The Kier molecular flexibility index (Phi) is 2.79. The van der Waals surface area contributed by atoms with E-state index in [-0.39, 0.29) is 25.8 Å². The first-order chi connectivity index (χ1) is 8.91. The fourth-order valence-corrected chi connectivity index (χ4v) is 1.88. The molecule has 0 aromatic rings. The van der Waals surface area contributed by atoms with Gasteiger partial charge in [0.1, 0.15) is 18.5 Å². The van der Waals surface area contributed by atoms with Gasteiger partial charge in [0.15, 0.2) is 0 Å². The van der Waals surface area contributed by atoms with E-state index in [0.29, 0.717) is 5.57 Å². The summed E-state index contributed by atoms with van der Waals surface area (Å²) in [5, 5.41) is 19.2. The summed E-state index contributed by atoms with van der Waals surface area (Å²) in [5.41, 5.74) is 5.00. The highest BCUT2D eigenvalue weighted by atomic mass is 16.6. The lowest BCUT2D eigenvalue weighted by atomic mass is 10.0. The molecule has 0 radical (unpaired) electrons. The van der Waals surface area contributed by atoms with E-state index in [9.17, 15) is 10.2 Å². The third-order valence-electron chi connectivity index (χ3n) is 3.11. The number of hydrogen-bond acceptors (Lipinski definition) is 6. The molecule has 0 spiro atoms. The zero-order chi connectivity index (χ0) is 14.2. The van der Waals surface area contributed by atoms with E-state index < -0.39 is 24.6 Å². The van der Waals surface area contributed by atoms with Crippen LogP contribution in [0.4, 0.5) is 0 Å². The smallest absolute Gasteiger partial charge is 0.134 e. The van der Waals surface area contributed by atoms with E-state index in [0.717, 1.165) is 0 Å². The van der Waals surface area contributed by atoms with Gasteiger partial charge >= 0.3 is 0 Å². The van der Waals surface area contributed by atoms with Gasteiger partial charge in [0.05, 0.1) is 15.5 Å². The molecule has 1 unspecified atom stereocenters. The van der Waals surface area contributed by atoms with Gasteiger partial charge in [-0.15, -0.1) is 0 Å². The van der Waals surface area contributed by atoms with E-state index in [2.05, 4.69) is 4.99 Å². The highest BCUT2D eigenvalue weighted by Gasteiger charge is 2.45. The average Bonchev–Trinajstić information content (AvgIpc) is 2.66. The van der Waals surface area contributed by atoms with Crippen LogP contribution in [0.15, 0.2) is 16.8 Å². The molecule has 0 bridgehead atoms. The SMILES string of the molecule is [2H]C1=NC([2H])N([C@H]2C[C@H](O)[C@@](C)(CO)O2)C=C1CN. The molecule has 0 aromatic heterocycles. The maximum Gasteiger partial charge on any atom is 0.134 e. The lowest BCUT2D eigenvalue weighted by molar-refractivity contribution is -0.127. The van der Waals surface area contributed by atoms with Crippen molar-refractivity contribution >= 4 is 6.19 Å². The molecule has 17 heavy (non-hydrogen) atoms. The van der Waals surface area contributed by atoms with Crippen molar-refractivity contribution in [2.45, 2.75) is 31.3 Å². The number of aliphatic hydroxyl groups is 2. The van der Waals surface area contributed by atoms with Crippen LogP contribution in [0.2, 0.25) is 0 Å². The predicted molar refractivity (Wildman–Crippen MR) is 63.3 cm³/mol. The molecule has 2 heterocycles. The molecule has 2 aliphatic rings. The summed E-state index contributed by atoms with van der Waals surface area (Å²) in [6.45, 7) is 0.466. The highest BCUT2D eigenvalue weighted by Crippen LogP contribution is 2.32. The van der Waals surface area contributed by atoms with Crippen LogP contribution >= 0.6 is 0 Å². The Hall–Kier alpha value is -0.950. The Labute approximate surface area is 103 Å². The van der Waals surface area contributed by atoms with Gasteiger partial charge < -0.3 is 25.6 Å². The summed E-state index contributed by atoms with van der Waals surface area (Å²) in [4.78, 5) is 5.37. The molecule has 1 saturated heterocycles. The Morgan fingerprint density at radius 2 is 2.65 bits per heavy atom. The van der Waals surface area contributed by atoms with Crippen molar-refractivity contribution < 1.29 is 17.7 Å². The maximum atomic E-state index is 9.92. The van der Waals surface area contributed by atoms with Crippen molar-refractivity contribution in [1.82, 2.24) is 4.90 Å². The van der Waals surface area contributed by atoms with Gasteiger partial charge in [-0.2, -0.15) is 0 Å². The van der Waals surface area contributed by atoms with Crippen LogP contribution in [0.3, 0.4) is 0 Å². The third kappa shape index (κ3) is 2.35. The number of hydrogen-bond donors (Lipinski definition) is 3. The molecular weight excluding hydrogens is 222 g/mol. The highest BCUT2D eigenvalue weighted by molar-refractivity contribution is 5.79. The Bertz CT molecular complexity index is 418. The van der Waals surface area contributed by atoms with Crippen LogP contribution in [-0.2, 0) is 4.74 Å². The van der Waals surface area contributed by atoms with Crippen molar-refractivity contribution in [2.24, 2.45) is 10.7 Å². The Balaban J connectivity index is 2.18. The molecular formula is C11H19N3O3. The molecule has 0 aromatic carbocycles. The van der Waals surface area contributed by atoms with E-state index in [1.54, 1.807) is 13.1 Å². The summed E-state index contributed by atoms with van der Waals surface area (Å²) < 4.78 is 21.1. The maximum absolute atomic E-state index is 9.92. The summed E-state index contributed by atoms with van der Waals surface area (Å²) in [6.07, 6.45) is 0.470. The number of nitrogens with zero attached hydrogens (tertiary/aromatic N) is 2. The summed E-state index contributed by atoms with van der Waals surface area (Å²) in [7, 11) is 0. The van der Waals surface area contributed by atoms with Gasteiger partial charge in [-0.1, -0.05) is 0 Å². The second-order valence-electron chi connectivity index (χ2n) is 4.46. The zero-order valence-electron chi connectivity index (χ0n) is 11.7. The van der Waals surface area contributed by atoms with Crippen molar-refractivity contribution in [3.8, 4) is 0 Å². The van der Waals surface area contributed by atoms with E-state index in [1.807, 2.05) is 0 Å². The van der Waals surface area contributed by atoms with Crippen molar-refractivity contribution in [1.29, 1.82) is 0 Å². The van der Waals surface area contributed by atoms with Crippen molar-refractivity contribution in [3.63, 3.8) is 0 Å². The predicted octanol–water partition coefficient (Wildman–Crippen LogP) is -0.969. The van der Waals surface area contributed by atoms with Crippen LogP contribution in [0.5, 0.6) is 0 Å². The summed E-state index contributed by atoms with van der Waals surface area (Å²) >= 11 is 0. The first-order valence-electron chi connectivity index (χ1n) is 6.61. The van der Waals surface area contributed by atoms with Gasteiger partial charge in [-0.3, -0.25) is 4.99 Å². The number of ether oxygens (including phenoxy) is 1. The van der Waals surface area contributed by atoms with Crippen LogP contribution in [0.25, 0.3) is 0 Å². The number of aliphatic hydroxyl groups excluding tert-OH is 2. The van der Waals surface area contributed by atoms with Gasteiger partial charge in [-0.05, 0) is 12.5 Å². The van der Waals surface area contributed by atoms with Crippen LogP contribution < -0.4 is 5.73 Å². The second-order valence-corrected chi connectivity index (χ2v) is 4.46. The van der Waals surface area contributed by atoms with Gasteiger partial charge in [0.25, 0.3) is 0 Å². The molecule has 4 atom stereocenters. The molecule has 96 valence electrons. The van der Waals surface area contributed by atoms with Gasteiger partial charge in [-0.25, -0.2) is 0 Å². The molecule has 2 rings (SSSR count).